The van der Waals surface area contributed by atoms with Crippen molar-refractivity contribution >= 4 is 0 Å². The lowest BCUT2D eigenvalue weighted by Crippen LogP contribution is -2.37. The molecule has 0 bridgehead atoms. The molecular weight excluding hydrogens is 206 g/mol. The van der Waals surface area contributed by atoms with Crippen molar-refractivity contribution in [2.75, 3.05) is 7.05 Å². The third-order valence-electron chi connectivity index (χ3n) is 4.56. The molecule has 1 aliphatic rings. The quantitative estimate of drug-likeness (QED) is 0.816. The minimum atomic E-state index is 0.647. The van der Waals surface area contributed by atoms with Crippen molar-refractivity contribution in [2.45, 2.75) is 45.6 Å². The molecule has 17 heavy (non-hydrogen) atoms. The molecule has 0 heterocycles. The maximum absolute atomic E-state index is 3.51. The molecular formula is C16H25N. The molecule has 94 valence electrons. The lowest BCUT2D eigenvalue weighted by atomic mass is 9.72. The minimum absolute atomic E-state index is 0.647. The van der Waals surface area contributed by atoms with Crippen LogP contribution in [-0.4, -0.2) is 13.1 Å². The summed E-state index contributed by atoms with van der Waals surface area (Å²) in [6.45, 7) is 7.02. The van der Waals surface area contributed by atoms with Crippen LogP contribution in [0.5, 0.6) is 0 Å². The average Bonchev–Trinajstić information content (AvgIpc) is 2.30. The number of rotatable bonds is 5. The van der Waals surface area contributed by atoms with Gasteiger partial charge in [0.25, 0.3) is 0 Å². The molecule has 0 radical (unpaired) electrons. The fourth-order valence-corrected chi connectivity index (χ4v) is 2.94. The third kappa shape index (κ3) is 2.55. The Morgan fingerprint density at radius 1 is 1.24 bits per heavy atom. The standard InChI is InChI=1S/C16H25N/c1-11(2)12(3)16(17-4)10-14-9-13-7-5-6-8-15(13)14/h5-8,11-12,14,16-17H,9-10H2,1-4H3. The summed E-state index contributed by atoms with van der Waals surface area (Å²) in [5.41, 5.74) is 3.15. The second-order valence-corrected chi connectivity index (χ2v) is 5.83. The van der Waals surface area contributed by atoms with Gasteiger partial charge in [0, 0.05) is 6.04 Å². The SMILES string of the molecule is CNC(CC1Cc2ccccc21)C(C)C(C)C. The number of nitrogens with one attached hydrogen (secondary N) is 1. The maximum Gasteiger partial charge on any atom is 0.00980 e. The zero-order chi connectivity index (χ0) is 12.4. The summed E-state index contributed by atoms with van der Waals surface area (Å²) in [7, 11) is 2.11. The van der Waals surface area contributed by atoms with Crippen LogP contribution in [0.3, 0.4) is 0 Å². The lowest BCUT2D eigenvalue weighted by molar-refractivity contribution is 0.278. The Hall–Kier alpha value is -0.820. The van der Waals surface area contributed by atoms with Crippen molar-refractivity contribution in [3.63, 3.8) is 0 Å². The molecule has 1 N–H and O–H groups in total. The Labute approximate surface area is 106 Å². The van der Waals surface area contributed by atoms with Crippen LogP contribution in [0.2, 0.25) is 0 Å². The highest BCUT2D eigenvalue weighted by molar-refractivity contribution is 5.39. The molecule has 3 atom stereocenters. The Kier molecular flexibility index (Phi) is 3.88. The zero-order valence-electron chi connectivity index (χ0n) is 11.5. The topological polar surface area (TPSA) is 12.0 Å². The molecule has 1 aliphatic carbocycles. The van der Waals surface area contributed by atoms with Gasteiger partial charge >= 0.3 is 0 Å². The Balaban J connectivity index is 1.98. The number of hydrogen-bond acceptors (Lipinski definition) is 1. The van der Waals surface area contributed by atoms with Crippen LogP contribution in [0.1, 0.15) is 44.2 Å². The maximum atomic E-state index is 3.51. The molecule has 0 saturated heterocycles. The van der Waals surface area contributed by atoms with Crippen molar-refractivity contribution < 1.29 is 0 Å². The molecule has 0 aliphatic heterocycles. The summed E-state index contributed by atoms with van der Waals surface area (Å²) < 4.78 is 0. The predicted octanol–water partition coefficient (Wildman–Crippen LogP) is 3.60. The van der Waals surface area contributed by atoms with E-state index in [9.17, 15) is 0 Å². The second kappa shape index (κ2) is 5.22. The molecule has 1 heteroatoms. The van der Waals surface area contributed by atoms with E-state index in [4.69, 9.17) is 0 Å². The van der Waals surface area contributed by atoms with Crippen LogP contribution in [0.15, 0.2) is 24.3 Å². The third-order valence-corrected chi connectivity index (χ3v) is 4.56. The molecule has 1 nitrogen and oxygen atoms in total. The van der Waals surface area contributed by atoms with Crippen molar-refractivity contribution in [3.8, 4) is 0 Å². The van der Waals surface area contributed by atoms with Crippen LogP contribution < -0.4 is 5.32 Å². The van der Waals surface area contributed by atoms with Gasteiger partial charge in [-0.25, -0.2) is 0 Å². The highest BCUT2D eigenvalue weighted by Crippen LogP contribution is 2.39. The largest absolute Gasteiger partial charge is 0.317 e. The molecule has 0 spiro atoms. The normalized spacial score (nSPS) is 21.8. The van der Waals surface area contributed by atoms with Crippen LogP contribution in [0.4, 0.5) is 0 Å². The molecule has 0 amide bonds. The van der Waals surface area contributed by atoms with Gasteiger partial charge in [-0.1, -0.05) is 45.0 Å². The van der Waals surface area contributed by atoms with E-state index in [0.717, 1.165) is 17.8 Å². The minimum Gasteiger partial charge on any atom is -0.317 e. The summed E-state index contributed by atoms with van der Waals surface area (Å²) in [4.78, 5) is 0. The summed E-state index contributed by atoms with van der Waals surface area (Å²) in [5, 5.41) is 3.51. The first-order valence-corrected chi connectivity index (χ1v) is 6.88. The molecule has 0 saturated carbocycles. The summed E-state index contributed by atoms with van der Waals surface area (Å²) in [5.74, 6) is 2.28. The summed E-state index contributed by atoms with van der Waals surface area (Å²) in [6.07, 6.45) is 2.56. The van der Waals surface area contributed by atoms with Gasteiger partial charge in [-0.2, -0.15) is 0 Å². The Bertz CT molecular complexity index is 370. The average molecular weight is 231 g/mol. The van der Waals surface area contributed by atoms with Crippen LogP contribution in [-0.2, 0) is 6.42 Å². The van der Waals surface area contributed by atoms with E-state index < -0.39 is 0 Å². The highest BCUT2D eigenvalue weighted by atomic mass is 14.9. The van der Waals surface area contributed by atoms with Crippen molar-refractivity contribution in [2.24, 2.45) is 11.8 Å². The van der Waals surface area contributed by atoms with Gasteiger partial charge in [0.1, 0.15) is 0 Å². The van der Waals surface area contributed by atoms with Crippen LogP contribution in [0.25, 0.3) is 0 Å². The zero-order valence-corrected chi connectivity index (χ0v) is 11.5. The first-order valence-electron chi connectivity index (χ1n) is 6.88. The van der Waals surface area contributed by atoms with Crippen molar-refractivity contribution in [1.82, 2.24) is 5.32 Å². The van der Waals surface area contributed by atoms with Gasteiger partial charge < -0.3 is 5.32 Å². The van der Waals surface area contributed by atoms with E-state index in [1.807, 2.05) is 0 Å². The Morgan fingerprint density at radius 2 is 1.94 bits per heavy atom. The molecule has 2 rings (SSSR count). The lowest BCUT2D eigenvalue weighted by Gasteiger charge is -2.36. The van der Waals surface area contributed by atoms with Gasteiger partial charge in [-0.15, -0.1) is 0 Å². The van der Waals surface area contributed by atoms with Gasteiger partial charge in [0.15, 0.2) is 0 Å². The molecule has 0 aromatic heterocycles. The first-order chi connectivity index (χ1) is 8.13. The van der Waals surface area contributed by atoms with E-state index >= 15 is 0 Å². The van der Waals surface area contributed by atoms with Gasteiger partial charge in [-0.05, 0) is 48.8 Å². The van der Waals surface area contributed by atoms with Crippen LogP contribution >= 0.6 is 0 Å². The first kappa shape index (κ1) is 12.6. The fourth-order valence-electron chi connectivity index (χ4n) is 2.94. The molecule has 1 aromatic carbocycles. The van der Waals surface area contributed by atoms with Crippen LogP contribution in [0, 0.1) is 11.8 Å². The van der Waals surface area contributed by atoms with E-state index in [1.165, 1.54) is 12.8 Å². The number of benzene rings is 1. The van der Waals surface area contributed by atoms with E-state index in [-0.39, 0.29) is 0 Å². The van der Waals surface area contributed by atoms with E-state index in [2.05, 4.69) is 57.4 Å². The molecule has 3 unspecified atom stereocenters. The number of hydrogen-bond donors (Lipinski definition) is 1. The van der Waals surface area contributed by atoms with E-state index in [0.29, 0.717) is 6.04 Å². The predicted molar refractivity (Wildman–Crippen MR) is 74.4 cm³/mol. The van der Waals surface area contributed by atoms with Gasteiger partial charge in [0.2, 0.25) is 0 Å². The summed E-state index contributed by atoms with van der Waals surface area (Å²) >= 11 is 0. The fraction of sp³-hybridized carbons (Fsp3) is 0.625. The number of fused-ring (bicyclic) bond motifs is 1. The van der Waals surface area contributed by atoms with E-state index in [1.54, 1.807) is 11.1 Å². The van der Waals surface area contributed by atoms with Crippen molar-refractivity contribution in [1.29, 1.82) is 0 Å². The monoisotopic (exact) mass is 231 g/mol. The second-order valence-electron chi connectivity index (χ2n) is 5.83. The smallest absolute Gasteiger partial charge is 0.00980 e. The van der Waals surface area contributed by atoms with Gasteiger partial charge in [-0.3, -0.25) is 0 Å². The Morgan fingerprint density at radius 3 is 2.53 bits per heavy atom. The molecule has 1 aromatic rings. The molecule has 0 fully saturated rings. The summed E-state index contributed by atoms with van der Waals surface area (Å²) in [6, 6.07) is 9.54. The van der Waals surface area contributed by atoms with Gasteiger partial charge in [0.05, 0.1) is 0 Å². The highest BCUT2D eigenvalue weighted by Gasteiger charge is 2.30. The van der Waals surface area contributed by atoms with Crippen molar-refractivity contribution in [3.05, 3.63) is 35.4 Å².